The quantitative estimate of drug-likeness (QED) is 0.465. The predicted molar refractivity (Wildman–Crippen MR) is 104 cm³/mol. The molecule has 6 heteroatoms. The fourth-order valence-electron chi connectivity index (χ4n) is 2.64. The maximum atomic E-state index is 5.97. The van der Waals surface area contributed by atoms with Crippen molar-refractivity contribution in [1.29, 1.82) is 0 Å². The highest BCUT2D eigenvalue weighted by Gasteiger charge is 2.15. The number of fused-ring (bicyclic) bond motifs is 1. The van der Waals surface area contributed by atoms with Gasteiger partial charge in [0.2, 0.25) is 0 Å². The Morgan fingerprint density at radius 3 is 2.44 bits per heavy atom. The Labute approximate surface area is 149 Å². The number of hydrogen-bond donors (Lipinski definition) is 0. The van der Waals surface area contributed by atoms with Gasteiger partial charge < -0.3 is 9.47 Å². The zero-order chi connectivity index (χ0) is 17.9. The van der Waals surface area contributed by atoms with Crippen LogP contribution in [0.3, 0.4) is 0 Å². The molecule has 0 spiro atoms. The van der Waals surface area contributed by atoms with Gasteiger partial charge in [0.05, 0.1) is 12.8 Å². The minimum atomic E-state index is -1.10. The predicted octanol–water partition coefficient (Wildman–Crippen LogP) is 4.42. The van der Waals surface area contributed by atoms with Crippen LogP contribution in [0.1, 0.15) is 0 Å². The first-order valence-corrected chi connectivity index (χ1v) is 12.2. The van der Waals surface area contributed by atoms with Crippen molar-refractivity contribution < 1.29 is 9.47 Å². The number of benzene rings is 1. The van der Waals surface area contributed by atoms with E-state index in [2.05, 4.69) is 40.2 Å². The van der Waals surface area contributed by atoms with Crippen LogP contribution < -0.4 is 4.74 Å². The smallest absolute Gasteiger partial charge is 0.161 e. The summed E-state index contributed by atoms with van der Waals surface area (Å²) in [7, 11) is 0.576. The van der Waals surface area contributed by atoms with Crippen molar-refractivity contribution in [3.05, 3.63) is 42.7 Å². The van der Waals surface area contributed by atoms with Crippen molar-refractivity contribution in [1.82, 2.24) is 14.5 Å². The molecular formula is C19H25N3O2Si. The molecule has 0 radical (unpaired) electrons. The van der Waals surface area contributed by atoms with Gasteiger partial charge in [-0.2, -0.15) is 0 Å². The average molecular weight is 356 g/mol. The molecule has 0 saturated heterocycles. The van der Waals surface area contributed by atoms with Gasteiger partial charge in [-0.3, -0.25) is 9.55 Å². The highest BCUT2D eigenvalue weighted by Crippen LogP contribution is 2.27. The van der Waals surface area contributed by atoms with Crippen LogP contribution in [-0.4, -0.2) is 36.3 Å². The molecule has 0 fully saturated rings. The van der Waals surface area contributed by atoms with E-state index in [9.17, 15) is 0 Å². The molecule has 0 aliphatic carbocycles. The monoisotopic (exact) mass is 355 g/mol. The molecule has 0 saturated carbocycles. The largest absolute Gasteiger partial charge is 0.497 e. The molecule has 0 aliphatic heterocycles. The minimum absolute atomic E-state index is 0.480. The van der Waals surface area contributed by atoms with E-state index in [1.807, 2.05) is 24.3 Å². The third kappa shape index (κ3) is 4.27. The van der Waals surface area contributed by atoms with Crippen LogP contribution in [-0.2, 0) is 11.5 Å². The van der Waals surface area contributed by atoms with Crippen LogP contribution in [0.4, 0.5) is 0 Å². The average Bonchev–Trinajstić information content (AvgIpc) is 2.97. The summed E-state index contributed by atoms with van der Waals surface area (Å²) in [6.07, 6.45) is 3.44. The van der Waals surface area contributed by atoms with E-state index in [-0.39, 0.29) is 0 Å². The summed E-state index contributed by atoms with van der Waals surface area (Å²) in [6, 6.07) is 11.2. The summed E-state index contributed by atoms with van der Waals surface area (Å²) in [5.41, 5.74) is 3.87. The maximum Gasteiger partial charge on any atom is 0.161 e. The molecule has 5 nitrogen and oxygen atoms in total. The lowest BCUT2D eigenvalue weighted by Gasteiger charge is -2.16. The molecule has 0 bridgehead atoms. The second-order valence-electron chi connectivity index (χ2n) is 7.30. The molecule has 0 N–H and O–H groups in total. The molecule has 0 amide bonds. The summed E-state index contributed by atoms with van der Waals surface area (Å²) >= 11 is 0. The van der Waals surface area contributed by atoms with Crippen LogP contribution >= 0.6 is 0 Å². The number of hydrogen-bond acceptors (Lipinski definition) is 4. The number of rotatable bonds is 7. The lowest BCUT2D eigenvalue weighted by atomic mass is 10.1. The topological polar surface area (TPSA) is 49.2 Å². The normalized spacial score (nSPS) is 11.8. The van der Waals surface area contributed by atoms with Crippen molar-refractivity contribution in [2.45, 2.75) is 32.4 Å². The van der Waals surface area contributed by atoms with Crippen LogP contribution in [0.15, 0.2) is 42.7 Å². The van der Waals surface area contributed by atoms with Gasteiger partial charge in [0.15, 0.2) is 5.65 Å². The van der Waals surface area contributed by atoms with E-state index in [0.29, 0.717) is 6.73 Å². The lowest BCUT2D eigenvalue weighted by molar-refractivity contribution is 0.0909. The lowest BCUT2D eigenvalue weighted by Crippen LogP contribution is -2.22. The van der Waals surface area contributed by atoms with E-state index < -0.39 is 8.07 Å². The first kappa shape index (κ1) is 17.6. The van der Waals surface area contributed by atoms with Crippen molar-refractivity contribution in [3.63, 3.8) is 0 Å². The Balaban J connectivity index is 1.89. The van der Waals surface area contributed by atoms with Gasteiger partial charge in [0.1, 0.15) is 18.0 Å². The van der Waals surface area contributed by atoms with Crippen LogP contribution in [0, 0.1) is 0 Å². The van der Waals surface area contributed by atoms with Crippen LogP contribution in [0.25, 0.3) is 22.4 Å². The fraction of sp³-hybridized carbons (Fsp3) is 0.368. The van der Waals surface area contributed by atoms with Gasteiger partial charge in [-0.15, -0.1) is 0 Å². The van der Waals surface area contributed by atoms with Crippen LogP contribution in [0.2, 0.25) is 25.7 Å². The number of aromatic nitrogens is 3. The van der Waals surface area contributed by atoms with E-state index >= 15 is 0 Å². The second kappa shape index (κ2) is 7.37. The molecule has 3 aromatic rings. The number of nitrogens with zero attached hydrogens (tertiary/aromatic N) is 3. The molecular weight excluding hydrogens is 330 g/mol. The highest BCUT2D eigenvalue weighted by molar-refractivity contribution is 6.76. The van der Waals surface area contributed by atoms with Gasteiger partial charge >= 0.3 is 0 Å². The summed E-state index contributed by atoms with van der Waals surface area (Å²) in [5.74, 6) is 0.842. The van der Waals surface area contributed by atoms with Crippen molar-refractivity contribution in [3.8, 4) is 17.0 Å². The fourth-order valence-corrected chi connectivity index (χ4v) is 3.40. The molecule has 3 rings (SSSR count). The molecule has 0 aliphatic rings. The Kier molecular flexibility index (Phi) is 5.20. The summed E-state index contributed by atoms with van der Waals surface area (Å²) < 4.78 is 13.3. The summed E-state index contributed by atoms with van der Waals surface area (Å²) in [4.78, 5) is 8.93. The first-order chi connectivity index (χ1) is 12.0. The minimum Gasteiger partial charge on any atom is -0.497 e. The Morgan fingerprint density at radius 1 is 1.04 bits per heavy atom. The molecule has 132 valence electrons. The zero-order valence-electron chi connectivity index (χ0n) is 15.3. The van der Waals surface area contributed by atoms with Gasteiger partial charge in [-0.25, -0.2) is 4.98 Å². The molecule has 0 atom stereocenters. The van der Waals surface area contributed by atoms with Crippen molar-refractivity contribution in [2.24, 2.45) is 0 Å². The Bertz CT molecular complexity index is 838. The van der Waals surface area contributed by atoms with E-state index in [1.165, 1.54) is 0 Å². The Hall–Kier alpha value is -2.18. The third-order valence-electron chi connectivity index (χ3n) is 4.13. The standard InChI is InChI=1S/C19H25N3O2Si/c1-23-16-7-5-15(6-8-16)18-13-17-19(21-10-9-20-17)22(18)14-24-11-12-25(2,3)4/h5-10,13H,11-12,14H2,1-4H3. The second-order valence-corrected chi connectivity index (χ2v) is 12.9. The van der Waals surface area contributed by atoms with Crippen molar-refractivity contribution in [2.75, 3.05) is 13.7 Å². The van der Waals surface area contributed by atoms with E-state index in [4.69, 9.17) is 9.47 Å². The summed E-state index contributed by atoms with van der Waals surface area (Å²) in [5, 5.41) is 0. The SMILES string of the molecule is COc1ccc(-c2cc3nccnc3n2COCC[Si](C)(C)C)cc1. The third-order valence-corrected chi connectivity index (χ3v) is 5.83. The van der Waals surface area contributed by atoms with Crippen LogP contribution in [0.5, 0.6) is 5.75 Å². The van der Waals surface area contributed by atoms with Gasteiger partial charge in [-0.05, 0) is 41.9 Å². The van der Waals surface area contributed by atoms with E-state index in [1.54, 1.807) is 19.5 Å². The molecule has 2 heterocycles. The van der Waals surface area contributed by atoms with Gasteiger partial charge in [0, 0.05) is 27.1 Å². The summed E-state index contributed by atoms with van der Waals surface area (Å²) in [6.45, 7) is 8.33. The van der Waals surface area contributed by atoms with Gasteiger partial charge in [-0.1, -0.05) is 19.6 Å². The Morgan fingerprint density at radius 2 is 1.76 bits per heavy atom. The number of methoxy groups -OCH3 is 1. The van der Waals surface area contributed by atoms with E-state index in [0.717, 1.165) is 40.8 Å². The van der Waals surface area contributed by atoms with Crippen molar-refractivity contribution >= 4 is 19.2 Å². The molecule has 2 aromatic heterocycles. The highest BCUT2D eigenvalue weighted by atomic mass is 28.3. The molecule has 25 heavy (non-hydrogen) atoms. The molecule has 1 aromatic carbocycles. The first-order valence-electron chi connectivity index (χ1n) is 8.50. The van der Waals surface area contributed by atoms with Gasteiger partial charge in [0.25, 0.3) is 0 Å². The molecule has 0 unspecified atom stereocenters. The number of ether oxygens (including phenoxy) is 2. The zero-order valence-corrected chi connectivity index (χ0v) is 16.3. The maximum absolute atomic E-state index is 5.97.